The van der Waals surface area contributed by atoms with E-state index in [1.165, 1.54) is 13.2 Å². The highest BCUT2D eigenvalue weighted by Crippen LogP contribution is 2.23. The Morgan fingerprint density at radius 2 is 2.12 bits per heavy atom. The summed E-state index contributed by atoms with van der Waals surface area (Å²) in [6.07, 6.45) is 0.671. The maximum Gasteiger partial charge on any atom is 0.338 e. The number of hydrogen-bond donors (Lipinski definition) is 0. The zero-order valence-corrected chi connectivity index (χ0v) is 9.57. The van der Waals surface area contributed by atoms with Crippen LogP contribution in [-0.4, -0.2) is 26.0 Å². The fourth-order valence-corrected chi connectivity index (χ4v) is 1.41. The van der Waals surface area contributed by atoms with Gasteiger partial charge < -0.3 is 9.47 Å². The van der Waals surface area contributed by atoms with Gasteiger partial charge in [-0.05, 0) is 26.0 Å². The van der Waals surface area contributed by atoms with Crippen molar-refractivity contribution in [2.24, 2.45) is 0 Å². The molecule has 0 aliphatic rings. The van der Waals surface area contributed by atoms with Crippen molar-refractivity contribution in [1.29, 1.82) is 0 Å². The van der Waals surface area contributed by atoms with E-state index < -0.39 is 5.97 Å². The molecule has 86 valence electrons. The molecular weight excluding hydrogens is 208 g/mol. The summed E-state index contributed by atoms with van der Waals surface area (Å²) in [7, 11) is 1.49. The standard InChI is InChI=1S/C12H14O4/c1-4-16-12(14)10-5-9(7-13)6-11(15-3)8(10)2/h5-7H,4H2,1-3H3. The number of hydrogen-bond acceptors (Lipinski definition) is 4. The van der Waals surface area contributed by atoms with Gasteiger partial charge in [-0.1, -0.05) is 0 Å². The number of benzene rings is 1. The first kappa shape index (κ1) is 12.2. The molecule has 0 spiro atoms. The third-order valence-corrected chi connectivity index (χ3v) is 2.23. The largest absolute Gasteiger partial charge is 0.496 e. The first-order valence-corrected chi connectivity index (χ1v) is 4.95. The lowest BCUT2D eigenvalue weighted by Crippen LogP contribution is -2.08. The molecule has 0 aromatic heterocycles. The molecule has 0 bridgehead atoms. The Hall–Kier alpha value is -1.84. The molecule has 0 radical (unpaired) electrons. The van der Waals surface area contributed by atoms with Crippen LogP contribution in [-0.2, 0) is 4.74 Å². The third-order valence-electron chi connectivity index (χ3n) is 2.23. The summed E-state index contributed by atoms with van der Waals surface area (Å²) in [6.45, 7) is 3.78. The van der Waals surface area contributed by atoms with Crippen molar-refractivity contribution < 1.29 is 19.1 Å². The maximum absolute atomic E-state index is 11.6. The Morgan fingerprint density at radius 3 is 2.62 bits per heavy atom. The van der Waals surface area contributed by atoms with Gasteiger partial charge in [0.1, 0.15) is 12.0 Å². The molecule has 4 heteroatoms. The smallest absolute Gasteiger partial charge is 0.338 e. The van der Waals surface area contributed by atoms with E-state index in [0.29, 0.717) is 35.3 Å². The number of methoxy groups -OCH3 is 1. The monoisotopic (exact) mass is 222 g/mol. The Kier molecular flexibility index (Phi) is 4.05. The average Bonchev–Trinajstić information content (AvgIpc) is 2.29. The Balaban J connectivity index is 3.25. The Bertz CT molecular complexity index is 410. The van der Waals surface area contributed by atoms with Crippen molar-refractivity contribution in [2.75, 3.05) is 13.7 Å². The van der Waals surface area contributed by atoms with Gasteiger partial charge in [-0.3, -0.25) is 4.79 Å². The topological polar surface area (TPSA) is 52.6 Å². The number of ether oxygens (including phenoxy) is 2. The summed E-state index contributed by atoms with van der Waals surface area (Å²) in [4.78, 5) is 22.3. The van der Waals surface area contributed by atoms with E-state index in [2.05, 4.69) is 0 Å². The molecule has 0 N–H and O–H groups in total. The lowest BCUT2D eigenvalue weighted by Gasteiger charge is -2.10. The van der Waals surface area contributed by atoms with Crippen LogP contribution in [0.3, 0.4) is 0 Å². The van der Waals surface area contributed by atoms with E-state index >= 15 is 0 Å². The summed E-state index contributed by atoms with van der Waals surface area (Å²) >= 11 is 0. The predicted octanol–water partition coefficient (Wildman–Crippen LogP) is 1.99. The molecule has 0 heterocycles. The van der Waals surface area contributed by atoms with E-state index in [-0.39, 0.29) is 0 Å². The van der Waals surface area contributed by atoms with E-state index in [1.54, 1.807) is 19.9 Å². The lowest BCUT2D eigenvalue weighted by molar-refractivity contribution is 0.0525. The third kappa shape index (κ3) is 2.39. The zero-order valence-electron chi connectivity index (χ0n) is 9.57. The number of esters is 1. The van der Waals surface area contributed by atoms with Gasteiger partial charge in [0.2, 0.25) is 0 Å². The zero-order chi connectivity index (χ0) is 12.1. The van der Waals surface area contributed by atoms with Gasteiger partial charge in [-0.25, -0.2) is 4.79 Å². The number of aldehydes is 1. The van der Waals surface area contributed by atoms with Gasteiger partial charge in [0, 0.05) is 11.1 Å². The van der Waals surface area contributed by atoms with Gasteiger partial charge in [-0.15, -0.1) is 0 Å². The second-order valence-corrected chi connectivity index (χ2v) is 3.23. The Labute approximate surface area is 94.2 Å². The number of carbonyl (C=O) groups excluding carboxylic acids is 2. The van der Waals surface area contributed by atoms with E-state index in [4.69, 9.17) is 9.47 Å². The highest BCUT2D eigenvalue weighted by atomic mass is 16.5. The molecule has 16 heavy (non-hydrogen) atoms. The van der Waals surface area contributed by atoms with Crippen molar-refractivity contribution >= 4 is 12.3 Å². The molecule has 0 aliphatic heterocycles. The van der Waals surface area contributed by atoms with E-state index in [9.17, 15) is 9.59 Å². The first-order valence-electron chi connectivity index (χ1n) is 4.95. The van der Waals surface area contributed by atoms with Crippen LogP contribution in [0.25, 0.3) is 0 Å². The molecule has 0 saturated carbocycles. The first-order chi connectivity index (χ1) is 7.63. The van der Waals surface area contributed by atoms with Crippen LogP contribution in [0.2, 0.25) is 0 Å². The van der Waals surface area contributed by atoms with Crippen molar-refractivity contribution in [3.63, 3.8) is 0 Å². The van der Waals surface area contributed by atoms with Crippen LogP contribution in [0.4, 0.5) is 0 Å². The van der Waals surface area contributed by atoms with Gasteiger partial charge in [0.15, 0.2) is 0 Å². The van der Waals surface area contributed by atoms with Crippen molar-refractivity contribution in [3.8, 4) is 5.75 Å². The maximum atomic E-state index is 11.6. The minimum Gasteiger partial charge on any atom is -0.496 e. The Morgan fingerprint density at radius 1 is 1.44 bits per heavy atom. The second-order valence-electron chi connectivity index (χ2n) is 3.23. The van der Waals surface area contributed by atoms with Gasteiger partial charge >= 0.3 is 5.97 Å². The van der Waals surface area contributed by atoms with Crippen LogP contribution in [0, 0.1) is 6.92 Å². The highest BCUT2D eigenvalue weighted by molar-refractivity contribution is 5.94. The summed E-state index contributed by atoms with van der Waals surface area (Å²) in [5.74, 6) is 0.0645. The van der Waals surface area contributed by atoms with Crippen LogP contribution in [0.5, 0.6) is 5.75 Å². The van der Waals surface area contributed by atoms with Crippen molar-refractivity contribution in [2.45, 2.75) is 13.8 Å². The summed E-state index contributed by atoms with van der Waals surface area (Å²) in [6, 6.07) is 3.09. The second kappa shape index (κ2) is 5.30. The minimum atomic E-state index is -0.443. The molecule has 1 aromatic carbocycles. The molecule has 0 saturated heterocycles. The van der Waals surface area contributed by atoms with Crippen LogP contribution in [0.1, 0.15) is 33.2 Å². The molecule has 0 unspecified atom stereocenters. The normalized spacial score (nSPS) is 9.69. The van der Waals surface area contributed by atoms with Gasteiger partial charge in [0.25, 0.3) is 0 Å². The van der Waals surface area contributed by atoms with Gasteiger partial charge in [-0.2, -0.15) is 0 Å². The van der Waals surface area contributed by atoms with Crippen molar-refractivity contribution in [3.05, 3.63) is 28.8 Å². The molecule has 1 rings (SSSR count). The molecular formula is C12H14O4. The molecule has 0 atom stereocenters. The predicted molar refractivity (Wildman–Crippen MR) is 59.1 cm³/mol. The molecule has 0 amide bonds. The lowest BCUT2D eigenvalue weighted by atomic mass is 10.0. The van der Waals surface area contributed by atoms with E-state index in [0.717, 1.165) is 0 Å². The van der Waals surface area contributed by atoms with Crippen molar-refractivity contribution in [1.82, 2.24) is 0 Å². The summed E-state index contributed by atoms with van der Waals surface area (Å²) in [5, 5.41) is 0. The molecule has 0 aliphatic carbocycles. The van der Waals surface area contributed by atoms with Crippen LogP contribution < -0.4 is 4.74 Å². The SMILES string of the molecule is CCOC(=O)c1cc(C=O)cc(OC)c1C. The minimum absolute atomic E-state index is 0.298. The highest BCUT2D eigenvalue weighted by Gasteiger charge is 2.15. The number of rotatable bonds is 4. The molecule has 0 fully saturated rings. The molecule has 4 nitrogen and oxygen atoms in total. The van der Waals surface area contributed by atoms with Crippen LogP contribution >= 0.6 is 0 Å². The van der Waals surface area contributed by atoms with Gasteiger partial charge in [0.05, 0.1) is 19.3 Å². The fourth-order valence-electron chi connectivity index (χ4n) is 1.41. The summed E-state index contributed by atoms with van der Waals surface area (Å²) < 4.78 is 9.99. The molecule has 1 aromatic rings. The fraction of sp³-hybridized carbons (Fsp3) is 0.333. The summed E-state index contributed by atoms with van der Waals surface area (Å²) in [5.41, 5.74) is 1.43. The van der Waals surface area contributed by atoms with E-state index in [1.807, 2.05) is 0 Å². The average molecular weight is 222 g/mol. The quantitative estimate of drug-likeness (QED) is 0.577. The van der Waals surface area contributed by atoms with Crippen LogP contribution in [0.15, 0.2) is 12.1 Å². The number of carbonyl (C=O) groups is 2.